The normalized spacial score (nSPS) is 11.7. The van der Waals surface area contributed by atoms with Gasteiger partial charge in [0.1, 0.15) is 0 Å². The standard InChI is InChI=1S/C7H2F6N2O3/c8-2-1-3(18-7(11,12)13)14-4(6(9)10)5(2)15(16)17/h1,6H. The summed E-state index contributed by atoms with van der Waals surface area (Å²) in [5.74, 6) is -3.44. The van der Waals surface area contributed by atoms with Gasteiger partial charge in [0, 0.05) is 6.07 Å². The van der Waals surface area contributed by atoms with Gasteiger partial charge >= 0.3 is 12.0 Å². The lowest BCUT2D eigenvalue weighted by Crippen LogP contribution is -2.19. The average Bonchev–Trinajstić information content (AvgIpc) is 2.12. The van der Waals surface area contributed by atoms with Gasteiger partial charge in [-0.3, -0.25) is 10.1 Å². The molecule has 0 radical (unpaired) electrons. The molecule has 18 heavy (non-hydrogen) atoms. The summed E-state index contributed by atoms with van der Waals surface area (Å²) in [6.07, 6.45) is -8.91. The summed E-state index contributed by atoms with van der Waals surface area (Å²) < 4.78 is 76.0. The SMILES string of the molecule is O=[N+]([O-])c1c(F)cc(OC(F)(F)F)nc1C(F)F. The van der Waals surface area contributed by atoms with Gasteiger partial charge in [-0.05, 0) is 0 Å². The summed E-state index contributed by atoms with van der Waals surface area (Å²) in [7, 11) is 0. The highest BCUT2D eigenvalue weighted by Gasteiger charge is 2.35. The van der Waals surface area contributed by atoms with E-state index in [9.17, 15) is 36.5 Å². The largest absolute Gasteiger partial charge is 0.574 e. The van der Waals surface area contributed by atoms with Crippen molar-refractivity contribution in [2.24, 2.45) is 0 Å². The van der Waals surface area contributed by atoms with E-state index in [-0.39, 0.29) is 6.07 Å². The van der Waals surface area contributed by atoms with Crippen LogP contribution in [0, 0.1) is 15.9 Å². The zero-order chi connectivity index (χ0) is 14.1. The number of nitro groups is 1. The number of ether oxygens (including phenoxy) is 1. The number of hydrogen-bond donors (Lipinski definition) is 0. The van der Waals surface area contributed by atoms with Crippen molar-refractivity contribution in [3.63, 3.8) is 0 Å². The lowest BCUT2D eigenvalue weighted by molar-refractivity contribution is -0.389. The molecule has 0 unspecified atom stereocenters. The van der Waals surface area contributed by atoms with Crippen LogP contribution in [0.3, 0.4) is 0 Å². The maximum Gasteiger partial charge on any atom is 0.574 e. The topological polar surface area (TPSA) is 65.3 Å². The van der Waals surface area contributed by atoms with Crippen LogP contribution in [0.1, 0.15) is 12.1 Å². The van der Waals surface area contributed by atoms with Crippen LogP contribution in [0.4, 0.5) is 32.0 Å². The third-order valence-electron chi connectivity index (χ3n) is 1.56. The Balaban J connectivity index is 3.32. The van der Waals surface area contributed by atoms with E-state index in [1.165, 1.54) is 0 Å². The summed E-state index contributed by atoms with van der Waals surface area (Å²) in [5.41, 5.74) is -3.43. The smallest absolute Gasteiger partial charge is 0.388 e. The van der Waals surface area contributed by atoms with E-state index in [1.54, 1.807) is 0 Å². The minimum atomic E-state index is -5.28. The molecule has 0 aliphatic carbocycles. The molecule has 5 nitrogen and oxygen atoms in total. The number of pyridine rings is 1. The van der Waals surface area contributed by atoms with E-state index in [1.807, 2.05) is 0 Å². The Morgan fingerprint density at radius 1 is 1.39 bits per heavy atom. The second-order valence-electron chi connectivity index (χ2n) is 2.78. The van der Waals surface area contributed by atoms with Gasteiger partial charge in [0.05, 0.1) is 4.92 Å². The summed E-state index contributed by atoms with van der Waals surface area (Å²) in [6, 6.07) is -0.0997. The molecule has 0 bridgehead atoms. The summed E-state index contributed by atoms with van der Waals surface area (Å²) in [5, 5.41) is 10.3. The van der Waals surface area contributed by atoms with E-state index in [2.05, 4.69) is 9.72 Å². The van der Waals surface area contributed by atoms with Crippen LogP contribution >= 0.6 is 0 Å². The van der Waals surface area contributed by atoms with Gasteiger partial charge in [-0.1, -0.05) is 0 Å². The van der Waals surface area contributed by atoms with Crippen molar-refractivity contribution in [3.8, 4) is 5.88 Å². The van der Waals surface area contributed by atoms with Crippen molar-refractivity contribution in [1.29, 1.82) is 0 Å². The van der Waals surface area contributed by atoms with Crippen LogP contribution in [0.5, 0.6) is 5.88 Å². The lowest BCUT2D eigenvalue weighted by Gasteiger charge is -2.09. The molecule has 0 saturated heterocycles. The molecule has 0 aromatic carbocycles. The molecule has 0 saturated carbocycles. The molecule has 11 heteroatoms. The Morgan fingerprint density at radius 2 is 1.94 bits per heavy atom. The van der Waals surface area contributed by atoms with Crippen LogP contribution in [0.25, 0.3) is 0 Å². The van der Waals surface area contributed by atoms with Crippen LogP contribution in [0.15, 0.2) is 6.07 Å². The van der Waals surface area contributed by atoms with E-state index in [0.29, 0.717) is 0 Å². The molecule has 0 N–H and O–H groups in total. The van der Waals surface area contributed by atoms with Crippen molar-refractivity contribution in [2.45, 2.75) is 12.8 Å². The molecular formula is C7H2F6N2O3. The van der Waals surface area contributed by atoms with Gasteiger partial charge in [-0.15, -0.1) is 13.2 Å². The Hall–Kier alpha value is -2.07. The van der Waals surface area contributed by atoms with Crippen LogP contribution in [0.2, 0.25) is 0 Å². The Morgan fingerprint density at radius 3 is 2.33 bits per heavy atom. The molecule has 0 spiro atoms. The lowest BCUT2D eigenvalue weighted by atomic mass is 10.3. The van der Waals surface area contributed by atoms with Crippen LogP contribution < -0.4 is 4.74 Å². The third-order valence-corrected chi connectivity index (χ3v) is 1.56. The zero-order valence-corrected chi connectivity index (χ0v) is 8.04. The Labute approximate surface area is 94.1 Å². The molecule has 100 valence electrons. The van der Waals surface area contributed by atoms with E-state index >= 15 is 0 Å². The number of halogens is 6. The molecule has 1 rings (SSSR count). The Bertz CT molecular complexity index is 475. The highest BCUT2D eigenvalue weighted by atomic mass is 19.4. The first-order valence-electron chi connectivity index (χ1n) is 4.00. The summed E-state index contributed by atoms with van der Waals surface area (Å²) in [6.45, 7) is 0. The van der Waals surface area contributed by atoms with E-state index in [0.717, 1.165) is 0 Å². The molecule has 0 aliphatic rings. The van der Waals surface area contributed by atoms with Crippen LogP contribution in [-0.2, 0) is 0 Å². The molecular weight excluding hydrogens is 274 g/mol. The number of nitrogens with zero attached hydrogens (tertiary/aromatic N) is 2. The maximum absolute atomic E-state index is 13.0. The number of aromatic nitrogens is 1. The first kappa shape index (κ1) is 14.0. The first-order chi connectivity index (χ1) is 8.11. The monoisotopic (exact) mass is 276 g/mol. The van der Waals surface area contributed by atoms with Crippen molar-refractivity contribution < 1.29 is 36.0 Å². The van der Waals surface area contributed by atoms with Crippen molar-refractivity contribution in [1.82, 2.24) is 4.98 Å². The van der Waals surface area contributed by atoms with Gasteiger partial charge in [-0.25, -0.2) is 13.8 Å². The van der Waals surface area contributed by atoms with Gasteiger partial charge in [0.2, 0.25) is 11.7 Å². The highest BCUT2D eigenvalue weighted by Crippen LogP contribution is 2.33. The molecule has 0 aliphatic heterocycles. The second kappa shape index (κ2) is 4.66. The van der Waals surface area contributed by atoms with E-state index < -0.39 is 40.8 Å². The van der Waals surface area contributed by atoms with Gasteiger partial charge < -0.3 is 4.74 Å². The van der Waals surface area contributed by atoms with Crippen molar-refractivity contribution in [2.75, 3.05) is 0 Å². The highest BCUT2D eigenvalue weighted by molar-refractivity contribution is 5.40. The quantitative estimate of drug-likeness (QED) is 0.483. The molecule has 1 heterocycles. The maximum atomic E-state index is 13.0. The fraction of sp³-hybridized carbons (Fsp3) is 0.286. The minimum Gasteiger partial charge on any atom is -0.388 e. The number of alkyl halides is 5. The zero-order valence-electron chi connectivity index (χ0n) is 8.04. The molecule has 1 aromatic heterocycles. The summed E-state index contributed by atoms with van der Waals surface area (Å²) in [4.78, 5) is 11.3. The molecule has 0 fully saturated rings. The molecule has 1 aromatic rings. The van der Waals surface area contributed by atoms with Gasteiger partial charge in [-0.2, -0.15) is 4.39 Å². The fourth-order valence-electron chi connectivity index (χ4n) is 1.01. The van der Waals surface area contributed by atoms with Crippen LogP contribution in [-0.4, -0.2) is 16.3 Å². The first-order valence-corrected chi connectivity index (χ1v) is 4.00. The fourth-order valence-corrected chi connectivity index (χ4v) is 1.01. The number of hydrogen-bond acceptors (Lipinski definition) is 4. The average molecular weight is 276 g/mol. The van der Waals surface area contributed by atoms with Gasteiger partial charge in [0.25, 0.3) is 6.43 Å². The van der Waals surface area contributed by atoms with Gasteiger partial charge in [0.15, 0.2) is 5.69 Å². The third kappa shape index (κ3) is 3.21. The van der Waals surface area contributed by atoms with Crippen molar-refractivity contribution >= 4 is 5.69 Å². The molecule has 0 atom stereocenters. The summed E-state index contributed by atoms with van der Waals surface area (Å²) >= 11 is 0. The number of rotatable bonds is 3. The predicted octanol–water partition coefficient (Wildman–Crippen LogP) is 2.97. The van der Waals surface area contributed by atoms with E-state index in [4.69, 9.17) is 0 Å². The second-order valence-corrected chi connectivity index (χ2v) is 2.78. The Kier molecular flexibility index (Phi) is 3.62. The minimum absolute atomic E-state index is 0.0997. The molecule has 0 amide bonds. The van der Waals surface area contributed by atoms with Crippen molar-refractivity contribution in [3.05, 3.63) is 27.7 Å². The predicted molar refractivity (Wildman–Crippen MR) is 42.5 cm³/mol.